The number of hydrogen-bond donors (Lipinski definition) is 2. The van der Waals surface area contributed by atoms with E-state index in [-0.39, 0.29) is 0 Å². The second-order valence-electron chi connectivity index (χ2n) is 4.60. The molecule has 0 heterocycles. The van der Waals surface area contributed by atoms with E-state index < -0.39 is 0 Å². The van der Waals surface area contributed by atoms with Crippen LogP contribution in [0.3, 0.4) is 0 Å². The van der Waals surface area contributed by atoms with Gasteiger partial charge in [-0.15, -0.1) is 0 Å². The van der Waals surface area contributed by atoms with Crippen LogP contribution in [0.15, 0.2) is 0 Å². The summed E-state index contributed by atoms with van der Waals surface area (Å²) in [6.07, 6.45) is 5.24. The molecule has 0 amide bonds. The molecule has 2 heteroatoms. The Morgan fingerprint density at radius 1 is 1.31 bits per heavy atom. The molecule has 1 aliphatic rings. The van der Waals surface area contributed by atoms with Crippen LogP contribution in [0, 0.1) is 17.8 Å². The third-order valence-electron chi connectivity index (χ3n) is 3.75. The van der Waals surface area contributed by atoms with Crippen molar-refractivity contribution < 1.29 is 0 Å². The van der Waals surface area contributed by atoms with Gasteiger partial charge in [-0.05, 0) is 50.5 Å². The lowest BCUT2D eigenvalue weighted by atomic mass is 9.68. The minimum Gasteiger partial charge on any atom is -0.330 e. The van der Waals surface area contributed by atoms with E-state index in [1.807, 2.05) is 0 Å². The van der Waals surface area contributed by atoms with Gasteiger partial charge in [-0.3, -0.25) is 0 Å². The standard InChI is InChI=1S/C11H24N2/c1-3-9(8(2)13)6-10-4-5-11(10)7-12/h8-11H,3-7,12-13H2,1-2H3/t8?,9-,10?,11-/m1/s1. The molecule has 0 spiro atoms. The summed E-state index contributed by atoms with van der Waals surface area (Å²) < 4.78 is 0. The number of rotatable bonds is 5. The highest BCUT2D eigenvalue weighted by Gasteiger charge is 2.31. The van der Waals surface area contributed by atoms with Crippen LogP contribution in [-0.4, -0.2) is 12.6 Å². The molecule has 2 unspecified atom stereocenters. The minimum atomic E-state index is 0.351. The van der Waals surface area contributed by atoms with Crippen LogP contribution in [0.2, 0.25) is 0 Å². The molecule has 1 rings (SSSR count). The summed E-state index contributed by atoms with van der Waals surface area (Å²) >= 11 is 0. The summed E-state index contributed by atoms with van der Waals surface area (Å²) in [7, 11) is 0. The Balaban J connectivity index is 2.29. The zero-order valence-electron chi connectivity index (χ0n) is 9.00. The average molecular weight is 184 g/mol. The Morgan fingerprint density at radius 3 is 2.23 bits per heavy atom. The first-order valence-corrected chi connectivity index (χ1v) is 5.64. The third-order valence-corrected chi connectivity index (χ3v) is 3.75. The Bertz CT molecular complexity index is 143. The second kappa shape index (κ2) is 4.97. The van der Waals surface area contributed by atoms with Crippen LogP contribution >= 0.6 is 0 Å². The molecule has 78 valence electrons. The van der Waals surface area contributed by atoms with Crippen LogP contribution in [0.1, 0.15) is 39.5 Å². The fourth-order valence-corrected chi connectivity index (χ4v) is 2.40. The summed E-state index contributed by atoms with van der Waals surface area (Å²) in [5.74, 6) is 2.38. The Morgan fingerprint density at radius 2 is 1.92 bits per heavy atom. The molecule has 0 aromatic rings. The number of nitrogens with two attached hydrogens (primary N) is 2. The van der Waals surface area contributed by atoms with Gasteiger partial charge in [0.25, 0.3) is 0 Å². The van der Waals surface area contributed by atoms with E-state index in [0.29, 0.717) is 12.0 Å². The molecule has 4 N–H and O–H groups in total. The molecule has 0 aromatic heterocycles. The lowest BCUT2D eigenvalue weighted by Gasteiger charge is -2.38. The first kappa shape index (κ1) is 11.0. The van der Waals surface area contributed by atoms with E-state index in [1.54, 1.807) is 0 Å². The van der Waals surface area contributed by atoms with Crippen molar-refractivity contribution in [2.45, 2.75) is 45.6 Å². The summed E-state index contributed by atoms with van der Waals surface area (Å²) in [6.45, 7) is 5.24. The van der Waals surface area contributed by atoms with Gasteiger partial charge in [-0.25, -0.2) is 0 Å². The maximum absolute atomic E-state index is 5.93. The van der Waals surface area contributed by atoms with Gasteiger partial charge < -0.3 is 11.5 Å². The summed E-state index contributed by atoms with van der Waals surface area (Å²) in [4.78, 5) is 0. The number of hydrogen-bond acceptors (Lipinski definition) is 2. The van der Waals surface area contributed by atoms with Gasteiger partial charge in [0.2, 0.25) is 0 Å². The SMILES string of the molecule is CC[C@H](CC1CC[C@@H]1CN)C(C)N. The van der Waals surface area contributed by atoms with Crippen molar-refractivity contribution in [3.8, 4) is 0 Å². The van der Waals surface area contributed by atoms with Crippen molar-refractivity contribution >= 4 is 0 Å². The third kappa shape index (κ3) is 2.68. The Kier molecular flexibility index (Phi) is 4.20. The monoisotopic (exact) mass is 184 g/mol. The maximum Gasteiger partial charge on any atom is 0.00387 e. The fourth-order valence-electron chi connectivity index (χ4n) is 2.40. The van der Waals surface area contributed by atoms with Crippen LogP contribution < -0.4 is 11.5 Å². The lowest BCUT2D eigenvalue weighted by Crippen LogP contribution is -2.37. The predicted octanol–water partition coefficient (Wildman–Crippen LogP) is 1.73. The van der Waals surface area contributed by atoms with Crippen LogP contribution in [0.5, 0.6) is 0 Å². The van der Waals surface area contributed by atoms with Crippen molar-refractivity contribution in [3.05, 3.63) is 0 Å². The molecular formula is C11H24N2. The van der Waals surface area contributed by atoms with Gasteiger partial charge >= 0.3 is 0 Å². The Hall–Kier alpha value is -0.0800. The molecule has 0 radical (unpaired) electrons. The van der Waals surface area contributed by atoms with Gasteiger partial charge in [0.15, 0.2) is 0 Å². The van der Waals surface area contributed by atoms with Gasteiger partial charge in [-0.1, -0.05) is 13.3 Å². The molecule has 1 fully saturated rings. The second-order valence-corrected chi connectivity index (χ2v) is 4.60. The first-order chi connectivity index (χ1) is 6.19. The van der Waals surface area contributed by atoms with E-state index in [1.165, 1.54) is 25.7 Å². The minimum absolute atomic E-state index is 0.351. The van der Waals surface area contributed by atoms with E-state index >= 15 is 0 Å². The normalized spacial score (nSPS) is 32.3. The molecule has 1 saturated carbocycles. The van der Waals surface area contributed by atoms with Crippen LogP contribution in [-0.2, 0) is 0 Å². The average Bonchev–Trinajstić information content (AvgIpc) is 2.04. The molecule has 2 nitrogen and oxygen atoms in total. The summed E-state index contributed by atoms with van der Waals surface area (Å²) in [5, 5.41) is 0. The highest BCUT2D eigenvalue weighted by Crippen LogP contribution is 2.38. The van der Waals surface area contributed by atoms with Crippen molar-refractivity contribution in [2.24, 2.45) is 29.2 Å². The molecule has 13 heavy (non-hydrogen) atoms. The Labute approximate surface area is 82.1 Å². The van der Waals surface area contributed by atoms with Crippen molar-refractivity contribution in [2.75, 3.05) is 6.54 Å². The van der Waals surface area contributed by atoms with Crippen LogP contribution in [0.25, 0.3) is 0 Å². The smallest absolute Gasteiger partial charge is 0.00387 e. The molecule has 4 atom stereocenters. The first-order valence-electron chi connectivity index (χ1n) is 5.64. The zero-order chi connectivity index (χ0) is 9.84. The van der Waals surface area contributed by atoms with Crippen molar-refractivity contribution in [1.29, 1.82) is 0 Å². The van der Waals surface area contributed by atoms with Gasteiger partial charge in [-0.2, -0.15) is 0 Å². The maximum atomic E-state index is 5.93. The van der Waals surface area contributed by atoms with E-state index in [0.717, 1.165) is 18.4 Å². The van der Waals surface area contributed by atoms with E-state index in [9.17, 15) is 0 Å². The van der Waals surface area contributed by atoms with Crippen molar-refractivity contribution in [3.63, 3.8) is 0 Å². The molecule has 0 aromatic carbocycles. The fraction of sp³-hybridized carbons (Fsp3) is 1.00. The highest BCUT2D eigenvalue weighted by atomic mass is 14.6. The van der Waals surface area contributed by atoms with Gasteiger partial charge in [0.1, 0.15) is 0 Å². The molecular weight excluding hydrogens is 160 g/mol. The molecule has 0 aliphatic heterocycles. The van der Waals surface area contributed by atoms with Gasteiger partial charge in [0, 0.05) is 6.04 Å². The molecule has 1 aliphatic carbocycles. The van der Waals surface area contributed by atoms with Gasteiger partial charge in [0.05, 0.1) is 0 Å². The lowest BCUT2D eigenvalue weighted by molar-refractivity contribution is 0.138. The topological polar surface area (TPSA) is 52.0 Å². The quantitative estimate of drug-likeness (QED) is 0.683. The predicted molar refractivity (Wildman–Crippen MR) is 57.3 cm³/mol. The summed E-state index contributed by atoms with van der Waals surface area (Å²) in [6, 6.07) is 0.351. The van der Waals surface area contributed by atoms with E-state index in [4.69, 9.17) is 11.5 Å². The van der Waals surface area contributed by atoms with Crippen molar-refractivity contribution in [1.82, 2.24) is 0 Å². The molecule has 0 saturated heterocycles. The highest BCUT2D eigenvalue weighted by molar-refractivity contribution is 4.84. The zero-order valence-corrected chi connectivity index (χ0v) is 9.00. The largest absolute Gasteiger partial charge is 0.330 e. The van der Waals surface area contributed by atoms with Crippen LogP contribution in [0.4, 0.5) is 0 Å². The molecule has 0 bridgehead atoms. The summed E-state index contributed by atoms with van der Waals surface area (Å²) in [5.41, 5.74) is 11.6. The van der Waals surface area contributed by atoms with E-state index in [2.05, 4.69) is 13.8 Å².